The van der Waals surface area contributed by atoms with E-state index in [9.17, 15) is 4.79 Å². The average molecular weight is 202 g/mol. The van der Waals surface area contributed by atoms with Crippen LogP contribution in [0.1, 0.15) is 48.0 Å². The van der Waals surface area contributed by atoms with Crippen LogP contribution in [0, 0.1) is 16.7 Å². The summed E-state index contributed by atoms with van der Waals surface area (Å²) in [5.74, 6) is 0.326. The zero-order chi connectivity index (χ0) is 10.9. The topological polar surface area (TPSA) is 17.1 Å². The van der Waals surface area contributed by atoms with E-state index >= 15 is 0 Å². The summed E-state index contributed by atoms with van der Waals surface area (Å²) in [5.41, 5.74) is -0.315. The quantitative estimate of drug-likeness (QED) is 0.690. The minimum Gasteiger partial charge on any atom is -0.287 e. The molecule has 0 saturated carbocycles. The molecular weight excluding hydrogens is 180 g/mol. The van der Waals surface area contributed by atoms with Gasteiger partial charge >= 0.3 is 0 Å². The molecule has 0 aromatic rings. The van der Waals surface area contributed by atoms with E-state index in [2.05, 4.69) is 47.2 Å². The number of hydrogen-bond donors (Lipinski definition) is 1. The summed E-state index contributed by atoms with van der Waals surface area (Å²) in [4.78, 5) is 11.6. The molecule has 1 nitrogen and oxygen atoms in total. The first-order valence-electron chi connectivity index (χ1n) is 4.93. The molecule has 0 spiro atoms. The van der Waals surface area contributed by atoms with Crippen LogP contribution < -0.4 is 0 Å². The second kappa shape index (κ2) is 4.04. The van der Waals surface area contributed by atoms with Gasteiger partial charge < -0.3 is 0 Å². The Bertz CT molecular complexity index is 196. The van der Waals surface area contributed by atoms with Crippen LogP contribution in [0.15, 0.2) is 0 Å². The summed E-state index contributed by atoms with van der Waals surface area (Å²) in [6.45, 7) is 12.6. The lowest BCUT2D eigenvalue weighted by Gasteiger charge is -2.44. The standard InChI is InChI=1S/C11H22OS/c1-7-10(4,5)11(6,8(2)3)9(12)13/h8H,7H2,1-6H3,(H,12,13). The Morgan fingerprint density at radius 1 is 1.31 bits per heavy atom. The Morgan fingerprint density at radius 3 is 1.77 bits per heavy atom. The Morgan fingerprint density at radius 2 is 1.69 bits per heavy atom. The third-order valence-electron chi connectivity index (χ3n) is 3.89. The first-order chi connectivity index (χ1) is 5.70. The lowest BCUT2D eigenvalue weighted by Crippen LogP contribution is -2.44. The molecule has 0 fully saturated rings. The van der Waals surface area contributed by atoms with Gasteiger partial charge in [0.15, 0.2) is 5.12 Å². The van der Waals surface area contributed by atoms with Crippen molar-refractivity contribution in [2.24, 2.45) is 16.7 Å². The van der Waals surface area contributed by atoms with Crippen LogP contribution in [-0.2, 0) is 4.79 Å². The van der Waals surface area contributed by atoms with Crippen molar-refractivity contribution in [1.82, 2.24) is 0 Å². The summed E-state index contributed by atoms with van der Waals surface area (Å²) < 4.78 is 0. The highest BCUT2D eigenvalue weighted by Gasteiger charge is 2.46. The molecule has 0 saturated heterocycles. The first-order valence-corrected chi connectivity index (χ1v) is 5.38. The van der Waals surface area contributed by atoms with Crippen LogP contribution in [0.2, 0.25) is 0 Å². The largest absolute Gasteiger partial charge is 0.287 e. The minimum absolute atomic E-state index is 0.00866. The van der Waals surface area contributed by atoms with Crippen LogP contribution in [-0.4, -0.2) is 5.12 Å². The highest BCUT2D eigenvalue weighted by Crippen LogP contribution is 2.48. The van der Waals surface area contributed by atoms with E-state index in [0.717, 1.165) is 6.42 Å². The van der Waals surface area contributed by atoms with Gasteiger partial charge in [-0.3, -0.25) is 4.79 Å². The predicted molar refractivity (Wildman–Crippen MR) is 61.0 cm³/mol. The van der Waals surface area contributed by atoms with Gasteiger partial charge in [0.05, 0.1) is 0 Å². The van der Waals surface area contributed by atoms with Gasteiger partial charge in [0, 0.05) is 5.41 Å². The fourth-order valence-corrected chi connectivity index (χ4v) is 2.25. The molecule has 0 aliphatic heterocycles. The average Bonchev–Trinajstić information content (AvgIpc) is 2.01. The number of carbonyl (C=O) groups excluding carboxylic acids is 1. The van der Waals surface area contributed by atoms with E-state index in [0.29, 0.717) is 5.92 Å². The monoisotopic (exact) mass is 202 g/mol. The smallest absolute Gasteiger partial charge is 0.192 e. The van der Waals surface area contributed by atoms with E-state index in [1.54, 1.807) is 0 Å². The zero-order valence-corrected chi connectivity index (χ0v) is 10.5. The number of rotatable bonds is 4. The van der Waals surface area contributed by atoms with E-state index in [1.807, 2.05) is 6.92 Å². The molecule has 0 radical (unpaired) electrons. The second-order valence-electron chi connectivity index (χ2n) is 4.90. The summed E-state index contributed by atoms with van der Waals surface area (Å²) in [6.07, 6.45) is 0.994. The van der Waals surface area contributed by atoms with Crippen molar-refractivity contribution in [1.29, 1.82) is 0 Å². The highest BCUT2D eigenvalue weighted by atomic mass is 32.1. The van der Waals surface area contributed by atoms with Gasteiger partial charge in [-0.05, 0) is 17.8 Å². The third-order valence-corrected chi connectivity index (χ3v) is 4.35. The van der Waals surface area contributed by atoms with Gasteiger partial charge in [-0.1, -0.05) is 41.5 Å². The lowest BCUT2D eigenvalue weighted by atomic mass is 9.60. The van der Waals surface area contributed by atoms with E-state index in [4.69, 9.17) is 0 Å². The normalized spacial score (nSPS) is 17.2. The molecule has 1 unspecified atom stereocenters. The molecule has 0 aromatic carbocycles. The van der Waals surface area contributed by atoms with Crippen LogP contribution in [0.25, 0.3) is 0 Å². The van der Waals surface area contributed by atoms with Crippen molar-refractivity contribution >= 4 is 17.7 Å². The molecule has 0 aromatic heterocycles. The number of thiol groups is 1. The SMILES string of the molecule is CCC(C)(C)C(C)(C(=O)S)C(C)C. The van der Waals surface area contributed by atoms with E-state index in [1.165, 1.54) is 0 Å². The summed E-state index contributed by atoms with van der Waals surface area (Å²) in [6, 6.07) is 0. The van der Waals surface area contributed by atoms with Crippen LogP contribution in [0.5, 0.6) is 0 Å². The van der Waals surface area contributed by atoms with Gasteiger partial charge in [-0.25, -0.2) is 0 Å². The molecule has 0 aliphatic rings. The molecule has 0 bridgehead atoms. The van der Waals surface area contributed by atoms with Crippen molar-refractivity contribution in [3.63, 3.8) is 0 Å². The van der Waals surface area contributed by atoms with Crippen molar-refractivity contribution in [2.75, 3.05) is 0 Å². The Kier molecular flexibility index (Phi) is 4.04. The summed E-state index contributed by atoms with van der Waals surface area (Å²) >= 11 is 4.03. The lowest BCUT2D eigenvalue weighted by molar-refractivity contribution is -0.128. The Labute approximate surface area is 87.7 Å². The fraction of sp³-hybridized carbons (Fsp3) is 0.909. The van der Waals surface area contributed by atoms with Crippen molar-refractivity contribution in [2.45, 2.75) is 48.0 Å². The zero-order valence-electron chi connectivity index (χ0n) is 9.64. The maximum Gasteiger partial charge on any atom is 0.192 e. The molecule has 0 rings (SSSR count). The predicted octanol–water partition coefficient (Wildman–Crippen LogP) is 3.54. The van der Waals surface area contributed by atoms with Gasteiger partial charge in [0.25, 0.3) is 0 Å². The maximum atomic E-state index is 11.6. The highest BCUT2D eigenvalue weighted by molar-refractivity contribution is 7.96. The number of carbonyl (C=O) groups is 1. The van der Waals surface area contributed by atoms with Gasteiger partial charge in [0.1, 0.15) is 0 Å². The summed E-state index contributed by atoms with van der Waals surface area (Å²) in [7, 11) is 0. The molecule has 0 heterocycles. The van der Waals surface area contributed by atoms with Crippen molar-refractivity contribution in [3.8, 4) is 0 Å². The molecule has 78 valence electrons. The second-order valence-corrected chi connectivity index (χ2v) is 5.31. The fourth-order valence-electron chi connectivity index (χ4n) is 1.69. The molecule has 0 amide bonds. The molecule has 1 atom stereocenters. The van der Waals surface area contributed by atoms with Crippen molar-refractivity contribution < 1.29 is 4.79 Å². The number of hydrogen-bond acceptors (Lipinski definition) is 1. The van der Waals surface area contributed by atoms with Gasteiger partial charge in [0.2, 0.25) is 0 Å². The van der Waals surface area contributed by atoms with E-state index in [-0.39, 0.29) is 15.9 Å². The van der Waals surface area contributed by atoms with Crippen LogP contribution in [0.3, 0.4) is 0 Å². The molecule has 0 aliphatic carbocycles. The molecule has 13 heavy (non-hydrogen) atoms. The molecule has 2 heteroatoms. The maximum absolute atomic E-state index is 11.6. The van der Waals surface area contributed by atoms with Crippen molar-refractivity contribution in [3.05, 3.63) is 0 Å². The Balaban J connectivity index is 5.13. The Hall–Kier alpha value is 0.0200. The minimum atomic E-state index is -0.329. The van der Waals surface area contributed by atoms with Crippen LogP contribution in [0.4, 0.5) is 0 Å². The molecular formula is C11H22OS. The molecule has 0 N–H and O–H groups in total. The van der Waals surface area contributed by atoms with Gasteiger partial charge in [-0.15, -0.1) is 12.6 Å². The van der Waals surface area contributed by atoms with E-state index < -0.39 is 0 Å². The summed E-state index contributed by atoms with van der Waals surface area (Å²) in [5, 5.41) is 0.00866. The first kappa shape index (κ1) is 13.0. The van der Waals surface area contributed by atoms with Gasteiger partial charge in [-0.2, -0.15) is 0 Å². The third kappa shape index (κ3) is 2.09. The van der Waals surface area contributed by atoms with Crippen LogP contribution >= 0.6 is 12.6 Å².